The van der Waals surface area contributed by atoms with Crippen molar-refractivity contribution in [1.29, 1.82) is 0 Å². The normalized spacial score (nSPS) is 15.1. The van der Waals surface area contributed by atoms with E-state index in [1.54, 1.807) is 49.4 Å². The van der Waals surface area contributed by atoms with Crippen LogP contribution in [0.2, 0.25) is 0 Å². The first kappa shape index (κ1) is 20.6. The summed E-state index contributed by atoms with van der Waals surface area (Å²) in [5.41, 5.74) is 1.40. The summed E-state index contributed by atoms with van der Waals surface area (Å²) in [5, 5.41) is -0.529. The Hall–Kier alpha value is -3.13. The van der Waals surface area contributed by atoms with Gasteiger partial charge in [0.1, 0.15) is 24.7 Å². The molecule has 1 aliphatic rings. The van der Waals surface area contributed by atoms with Crippen molar-refractivity contribution in [2.75, 3.05) is 13.2 Å². The van der Waals surface area contributed by atoms with Crippen molar-refractivity contribution < 1.29 is 28.2 Å². The fourth-order valence-electron chi connectivity index (χ4n) is 2.59. The van der Waals surface area contributed by atoms with E-state index >= 15 is 0 Å². The van der Waals surface area contributed by atoms with E-state index in [0.717, 1.165) is 22.2 Å². The van der Waals surface area contributed by atoms with Crippen molar-refractivity contribution in [2.24, 2.45) is 0 Å². The smallest absolute Gasteiger partial charge is 0.326 e. The van der Waals surface area contributed by atoms with E-state index < -0.39 is 23.7 Å². The Morgan fingerprint density at radius 1 is 1.14 bits per heavy atom. The lowest BCUT2D eigenvalue weighted by Gasteiger charge is -2.11. The number of para-hydroxylation sites is 1. The molecule has 1 heterocycles. The Labute approximate surface area is 171 Å². The third-order valence-corrected chi connectivity index (χ3v) is 4.89. The number of imide groups is 1. The van der Waals surface area contributed by atoms with Crippen LogP contribution < -0.4 is 4.74 Å². The second-order valence-electron chi connectivity index (χ2n) is 6.03. The van der Waals surface area contributed by atoms with Crippen LogP contribution in [0.15, 0.2) is 53.4 Å². The number of hydrogen-bond donors (Lipinski definition) is 0. The summed E-state index contributed by atoms with van der Waals surface area (Å²) in [4.78, 5) is 37.3. The third kappa shape index (κ3) is 5.23. The Bertz CT molecular complexity index is 958. The number of halogens is 1. The zero-order chi connectivity index (χ0) is 20.8. The average molecular weight is 415 g/mol. The minimum Gasteiger partial charge on any atom is -0.488 e. The van der Waals surface area contributed by atoms with Crippen LogP contribution in [0.25, 0.3) is 6.08 Å². The van der Waals surface area contributed by atoms with E-state index in [-0.39, 0.29) is 23.9 Å². The van der Waals surface area contributed by atoms with Crippen molar-refractivity contribution in [3.8, 4) is 5.75 Å². The van der Waals surface area contributed by atoms with E-state index in [0.29, 0.717) is 11.3 Å². The van der Waals surface area contributed by atoms with Gasteiger partial charge in [-0.3, -0.25) is 19.3 Å². The molecule has 0 unspecified atom stereocenters. The van der Waals surface area contributed by atoms with Crippen LogP contribution in [0.3, 0.4) is 0 Å². The summed E-state index contributed by atoms with van der Waals surface area (Å²) >= 11 is 0.755. The van der Waals surface area contributed by atoms with Gasteiger partial charge in [-0.05, 0) is 48.5 Å². The number of ether oxygens (including phenoxy) is 2. The SMILES string of the molecule is CCOC(=O)CN1C(=O)S/C(=C\c2ccccc2OCc2ccc(F)cc2)C1=O. The third-order valence-electron chi connectivity index (χ3n) is 3.98. The number of carbonyl (C=O) groups is 3. The molecule has 0 aromatic heterocycles. The van der Waals surface area contributed by atoms with Crippen molar-refractivity contribution in [3.63, 3.8) is 0 Å². The number of carbonyl (C=O) groups excluding carboxylic acids is 3. The fraction of sp³-hybridized carbons (Fsp3) is 0.190. The molecule has 0 bridgehead atoms. The van der Waals surface area contributed by atoms with Gasteiger partial charge in [-0.2, -0.15) is 0 Å². The second kappa shape index (κ2) is 9.38. The molecule has 0 N–H and O–H groups in total. The predicted octanol–water partition coefficient (Wildman–Crippen LogP) is 4.00. The number of esters is 1. The minimum atomic E-state index is -0.640. The number of rotatable bonds is 7. The highest BCUT2D eigenvalue weighted by Gasteiger charge is 2.36. The lowest BCUT2D eigenvalue weighted by molar-refractivity contribution is -0.145. The summed E-state index contributed by atoms with van der Waals surface area (Å²) in [6.07, 6.45) is 1.55. The van der Waals surface area contributed by atoms with E-state index in [4.69, 9.17) is 9.47 Å². The maximum Gasteiger partial charge on any atom is 0.326 e. The van der Waals surface area contributed by atoms with E-state index in [1.807, 2.05) is 0 Å². The molecule has 2 aromatic rings. The van der Waals surface area contributed by atoms with Gasteiger partial charge < -0.3 is 9.47 Å². The highest BCUT2D eigenvalue weighted by molar-refractivity contribution is 8.18. The van der Waals surface area contributed by atoms with Crippen molar-refractivity contribution in [2.45, 2.75) is 13.5 Å². The molecule has 0 spiro atoms. The second-order valence-corrected chi connectivity index (χ2v) is 7.02. The maximum absolute atomic E-state index is 13.0. The molecule has 1 fully saturated rings. The van der Waals surface area contributed by atoms with E-state index in [1.165, 1.54) is 12.1 Å². The van der Waals surface area contributed by atoms with Crippen LogP contribution in [0, 0.1) is 5.82 Å². The summed E-state index contributed by atoms with van der Waals surface area (Å²) in [6, 6.07) is 13.0. The van der Waals surface area contributed by atoms with Crippen LogP contribution in [0.1, 0.15) is 18.1 Å². The van der Waals surface area contributed by atoms with Gasteiger partial charge in [0.15, 0.2) is 0 Å². The lowest BCUT2D eigenvalue weighted by atomic mass is 10.1. The Morgan fingerprint density at radius 2 is 1.86 bits per heavy atom. The average Bonchev–Trinajstić information content (AvgIpc) is 2.96. The molecule has 29 heavy (non-hydrogen) atoms. The molecular weight excluding hydrogens is 397 g/mol. The molecule has 2 amide bonds. The number of thioether (sulfide) groups is 1. The van der Waals surface area contributed by atoms with Crippen LogP contribution in [-0.4, -0.2) is 35.2 Å². The highest BCUT2D eigenvalue weighted by atomic mass is 32.2. The molecule has 2 aromatic carbocycles. The molecular formula is C21H18FNO5S. The highest BCUT2D eigenvalue weighted by Crippen LogP contribution is 2.34. The number of benzene rings is 2. The summed E-state index contributed by atoms with van der Waals surface area (Å²) in [5.74, 6) is -1.01. The standard InChI is InChI=1S/C21H18FNO5S/c1-2-27-19(24)12-23-20(25)18(29-21(23)26)11-15-5-3-4-6-17(15)28-13-14-7-9-16(22)10-8-14/h3-11H,2,12-13H2,1H3/b18-11-. The largest absolute Gasteiger partial charge is 0.488 e. The lowest BCUT2D eigenvalue weighted by Crippen LogP contribution is -2.34. The molecule has 0 atom stereocenters. The van der Waals surface area contributed by atoms with Crippen LogP contribution in [0.5, 0.6) is 5.75 Å². The van der Waals surface area contributed by atoms with Crippen molar-refractivity contribution >= 4 is 35.0 Å². The van der Waals surface area contributed by atoms with Crippen LogP contribution >= 0.6 is 11.8 Å². The van der Waals surface area contributed by atoms with Crippen LogP contribution in [-0.2, 0) is 20.9 Å². The fourth-order valence-corrected chi connectivity index (χ4v) is 3.42. The molecule has 1 aliphatic heterocycles. The van der Waals surface area contributed by atoms with Gasteiger partial charge in [0.25, 0.3) is 11.1 Å². The molecule has 0 saturated carbocycles. The van der Waals surface area contributed by atoms with E-state index in [2.05, 4.69) is 0 Å². The predicted molar refractivity (Wildman–Crippen MR) is 106 cm³/mol. The number of amides is 2. The first-order valence-electron chi connectivity index (χ1n) is 8.85. The molecule has 150 valence electrons. The van der Waals surface area contributed by atoms with Gasteiger partial charge in [-0.25, -0.2) is 4.39 Å². The monoisotopic (exact) mass is 415 g/mol. The molecule has 6 nitrogen and oxygen atoms in total. The zero-order valence-electron chi connectivity index (χ0n) is 15.6. The minimum absolute atomic E-state index is 0.170. The summed E-state index contributed by atoms with van der Waals surface area (Å²) in [7, 11) is 0. The zero-order valence-corrected chi connectivity index (χ0v) is 16.4. The summed E-state index contributed by atoms with van der Waals surface area (Å²) < 4.78 is 23.6. The van der Waals surface area contributed by atoms with Gasteiger partial charge in [0.05, 0.1) is 11.5 Å². The number of hydrogen-bond acceptors (Lipinski definition) is 6. The quantitative estimate of drug-likeness (QED) is 0.503. The molecule has 0 radical (unpaired) electrons. The van der Waals surface area contributed by atoms with Crippen LogP contribution in [0.4, 0.5) is 9.18 Å². The Balaban J connectivity index is 1.74. The van der Waals surface area contributed by atoms with Crippen molar-refractivity contribution in [3.05, 3.63) is 70.4 Å². The first-order valence-corrected chi connectivity index (χ1v) is 9.67. The number of nitrogens with zero attached hydrogens (tertiary/aromatic N) is 1. The maximum atomic E-state index is 13.0. The molecule has 0 aliphatic carbocycles. The van der Waals surface area contributed by atoms with Gasteiger partial charge in [0, 0.05) is 5.56 Å². The Morgan fingerprint density at radius 3 is 2.59 bits per heavy atom. The Kier molecular flexibility index (Phi) is 6.66. The van der Waals surface area contributed by atoms with Gasteiger partial charge >= 0.3 is 5.97 Å². The van der Waals surface area contributed by atoms with Crippen molar-refractivity contribution in [1.82, 2.24) is 4.90 Å². The van der Waals surface area contributed by atoms with Gasteiger partial charge in [0.2, 0.25) is 0 Å². The van der Waals surface area contributed by atoms with Gasteiger partial charge in [-0.1, -0.05) is 30.3 Å². The van der Waals surface area contributed by atoms with E-state index in [9.17, 15) is 18.8 Å². The van der Waals surface area contributed by atoms with Gasteiger partial charge in [-0.15, -0.1) is 0 Å². The molecule has 8 heteroatoms. The molecule has 1 saturated heterocycles. The molecule has 3 rings (SSSR count). The summed E-state index contributed by atoms with van der Waals surface area (Å²) in [6.45, 7) is 1.62. The first-order chi connectivity index (χ1) is 14.0. The topological polar surface area (TPSA) is 72.9 Å².